The van der Waals surface area contributed by atoms with Crippen molar-refractivity contribution in [2.75, 3.05) is 13.7 Å². The summed E-state index contributed by atoms with van der Waals surface area (Å²) >= 11 is 5.90. The van der Waals surface area contributed by atoms with E-state index in [4.69, 9.17) is 16.3 Å². The molecule has 0 radical (unpaired) electrons. The normalized spacial score (nSPS) is 14.8. The summed E-state index contributed by atoms with van der Waals surface area (Å²) in [6.07, 6.45) is 0.633. The van der Waals surface area contributed by atoms with E-state index in [0.29, 0.717) is 17.0 Å². The number of benzene rings is 1. The minimum Gasteiger partial charge on any atom is -0.387 e. The first kappa shape index (κ1) is 13.4. The average molecular weight is 247 g/mol. The lowest BCUT2D eigenvalue weighted by atomic mass is 9.92. The Morgan fingerprint density at radius 2 is 2.19 bits per heavy atom. The lowest BCUT2D eigenvalue weighted by molar-refractivity contribution is -0.0338. The van der Waals surface area contributed by atoms with Crippen molar-refractivity contribution in [3.63, 3.8) is 0 Å². The van der Waals surface area contributed by atoms with Crippen molar-refractivity contribution in [1.29, 1.82) is 0 Å². The highest BCUT2D eigenvalue weighted by Crippen LogP contribution is 2.25. The highest BCUT2D eigenvalue weighted by atomic mass is 35.5. The highest BCUT2D eigenvalue weighted by Gasteiger charge is 2.27. The molecule has 90 valence electrons. The fraction of sp³-hybridized carbons (Fsp3) is 0.500. The largest absolute Gasteiger partial charge is 0.387 e. The molecule has 0 aliphatic carbocycles. The van der Waals surface area contributed by atoms with E-state index in [1.54, 1.807) is 12.1 Å². The second-order valence-corrected chi connectivity index (χ2v) is 4.30. The summed E-state index contributed by atoms with van der Waals surface area (Å²) in [5.41, 5.74) is -0.730. The van der Waals surface area contributed by atoms with Gasteiger partial charge in [-0.05, 0) is 18.6 Å². The second kappa shape index (κ2) is 5.62. The molecule has 1 N–H and O–H groups in total. The summed E-state index contributed by atoms with van der Waals surface area (Å²) in [4.78, 5) is 0. The number of ether oxygens (including phenoxy) is 1. The Morgan fingerprint density at radius 1 is 1.50 bits per heavy atom. The fourth-order valence-corrected chi connectivity index (χ4v) is 1.81. The molecule has 1 unspecified atom stereocenters. The summed E-state index contributed by atoms with van der Waals surface area (Å²) in [7, 11) is 1.50. The van der Waals surface area contributed by atoms with Crippen LogP contribution in [-0.2, 0) is 11.2 Å². The van der Waals surface area contributed by atoms with Gasteiger partial charge in [-0.1, -0.05) is 24.6 Å². The first-order valence-corrected chi connectivity index (χ1v) is 5.54. The molecule has 0 aliphatic heterocycles. The molecule has 0 aromatic heterocycles. The van der Waals surface area contributed by atoms with Gasteiger partial charge in [-0.2, -0.15) is 0 Å². The zero-order chi connectivity index (χ0) is 12.2. The van der Waals surface area contributed by atoms with Gasteiger partial charge in [0.15, 0.2) is 0 Å². The molecule has 0 saturated heterocycles. The molecule has 0 amide bonds. The Kier molecular flexibility index (Phi) is 4.71. The molecule has 1 atom stereocenters. The van der Waals surface area contributed by atoms with Crippen LogP contribution in [0.25, 0.3) is 0 Å². The lowest BCUT2D eigenvalue weighted by Gasteiger charge is -2.26. The Hall–Kier alpha value is -0.640. The summed E-state index contributed by atoms with van der Waals surface area (Å²) in [6.45, 7) is 1.99. The van der Waals surface area contributed by atoms with E-state index in [9.17, 15) is 9.50 Å². The van der Waals surface area contributed by atoms with Crippen molar-refractivity contribution in [3.8, 4) is 0 Å². The van der Waals surface area contributed by atoms with Crippen LogP contribution >= 0.6 is 11.6 Å². The molecule has 1 aromatic carbocycles. The monoisotopic (exact) mass is 246 g/mol. The topological polar surface area (TPSA) is 29.5 Å². The van der Waals surface area contributed by atoms with Crippen LogP contribution < -0.4 is 0 Å². The Balaban J connectivity index is 2.94. The van der Waals surface area contributed by atoms with E-state index < -0.39 is 11.4 Å². The average Bonchev–Trinajstić information content (AvgIpc) is 2.24. The van der Waals surface area contributed by atoms with Crippen molar-refractivity contribution in [2.24, 2.45) is 0 Å². The molecule has 0 bridgehead atoms. The molecule has 1 aromatic rings. The van der Waals surface area contributed by atoms with Crippen LogP contribution in [0.4, 0.5) is 4.39 Å². The smallest absolute Gasteiger partial charge is 0.127 e. The van der Waals surface area contributed by atoms with E-state index in [1.807, 2.05) is 6.92 Å². The van der Waals surface area contributed by atoms with Crippen LogP contribution in [0, 0.1) is 5.82 Å². The van der Waals surface area contributed by atoms with E-state index in [2.05, 4.69) is 0 Å². The van der Waals surface area contributed by atoms with Gasteiger partial charge in [-0.25, -0.2) is 4.39 Å². The third-order valence-corrected chi connectivity index (χ3v) is 2.99. The number of rotatable bonds is 5. The summed E-state index contributed by atoms with van der Waals surface area (Å²) in [6, 6.07) is 4.50. The molecule has 1 rings (SSSR count). The number of methoxy groups -OCH3 is 1. The van der Waals surface area contributed by atoms with Gasteiger partial charge < -0.3 is 9.84 Å². The van der Waals surface area contributed by atoms with Crippen LogP contribution in [0.1, 0.15) is 18.9 Å². The SMILES string of the molecule is CCC(O)(COC)Cc1c(F)cccc1Cl. The van der Waals surface area contributed by atoms with Crippen LogP contribution in [0.15, 0.2) is 18.2 Å². The van der Waals surface area contributed by atoms with Gasteiger partial charge in [0.05, 0.1) is 12.2 Å². The molecule has 4 heteroatoms. The van der Waals surface area contributed by atoms with Crippen molar-refractivity contribution >= 4 is 11.6 Å². The third kappa shape index (κ3) is 3.17. The number of aliphatic hydroxyl groups is 1. The molecule has 0 spiro atoms. The maximum Gasteiger partial charge on any atom is 0.127 e. The van der Waals surface area contributed by atoms with E-state index in [1.165, 1.54) is 13.2 Å². The van der Waals surface area contributed by atoms with Gasteiger partial charge >= 0.3 is 0 Å². The van der Waals surface area contributed by atoms with Gasteiger partial charge in [-0.3, -0.25) is 0 Å². The van der Waals surface area contributed by atoms with Crippen molar-refractivity contribution in [3.05, 3.63) is 34.6 Å². The molecule has 0 saturated carbocycles. The second-order valence-electron chi connectivity index (χ2n) is 3.89. The van der Waals surface area contributed by atoms with E-state index in [-0.39, 0.29) is 13.0 Å². The molecule has 2 nitrogen and oxygen atoms in total. The molecule has 16 heavy (non-hydrogen) atoms. The quantitative estimate of drug-likeness (QED) is 0.866. The van der Waals surface area contributed by atoms with Gasteiger partial charge in [0.25, 0.3) is 0 Å². The maximum absolute atomic E-state index is 13.5. The number of hydrogen-bond donors (Lipinski definition) is 1. The van der Waals surface area contributed by atoms with Gasteiger partial charge in [0.2, 0.25) is 0 Å². The zero-order valence-electron chi connectivity index (χ0n) is 9.46. The van der Waals surface area contributed by atoms with Gasteiger partial charge in [0.1, 0.15) is 5.82 Å². The molecule has 0 aliphatic rings. The van der Waals surface area contributed by atoms with E-state index >= 15 is 0 Å². The highest BCUT2D eigenvalue weighted by molar-refractivity contribution is 6.31. The predicted molar refractivity (Wildman–Crippen MR) is 62.2 cm³/mol. The zero-order valence-corrected chi connectivity index (χ0v) is 10.2. The first-order chi connectivity index (χ1) is 7.52. The molecule has 0 heterocycles. The maximum atomic E-state index is 13.5. The molecule has 0 fully saturated rings. The van der Waals surface area contributed by atoms with Crippen LogP contribution in [-0.4, -0.2) is 24.4 Å². The standard InChI is InChI=1S/C12H16ClFO2/c1-3-12(15,8-16-2)7-9-10(13)5-4-6-11(9)14/h4-6,15H,3,7-8H2,1-2H3. The fourth-order valence-electron chi connectivity index (χ4n) is 1.58. The molecular formula is C12H16ClFO2. The predicted octanol–water partition coefficient (Wildman–Crippen LogP) is 2.81. The van der Waals surface area contributed by atoms with Crippen LogP contribution in [0.2, 0.25) is 5.02 Å². The van der Waals surface area contributed by atoms with Crippen molar-refractivity contribution in [1.82, 2.24) is 0 Å². The van der Waals surface area contributed by atoms with E-state index in [0.717, 1.165) is 0 Å². The van der Waals surface area contributed by atoms with Gasteiger partial charge in [-0.15, -0.1) is 0 Å². The minimum atomic E-state index is -1.07. The summed E-state index contributed by atoms with van der Waals surface area (Å²) < 4.78 is 18.5. The molecular weight excluding hydrogens is 231 g/mol. The minimum absolute atomic E-state index is 0.156. The Labute approximate surface area is 100.0 Å². The van der Waals surface area contributed by atoms with Crippen LogP contribution in [0.5, 0.6) is 0 Å². The Bertz CT molecular complexity index is 337. The summed E-state index contributed by atoms with van der Waals surface area (Å²) in [5, 5.41) is 10.5. The van der Waals surface area contributed by atoms with Gasteiger partial charge in [0, 0.05) is 24.1 Å². The summed E-state index contributed by atoms with van der Waals surface area (Å²) in [5.74, 6) is -0.393. The van der Waals surface area contributed by atoms with Crippen molar-refractivity contribution < 1.29 is 14.2 Å². The Morgan fingerprint density at radius 3 is 2.69 bits per heavy atom. The number of hydrogen-bond acceptors (Lipinski definition) is 2. The first-order valence-electron chi connectivity index (χ1n) is 5.16. The van der Waals surface area contributed by atoms with Crippen molar-refractivity contribution in [2.45, 2.75) is 25.4 Å². The third-order valence-electron chi connectivity index (χ3n) is 2.64. The van der Waals surface area contributed by atoms with Crippen LogP contribution in [0.3, 0.4) is 0 Å². The lowest BCUT2D eigenvalue weighted by Crippen LogP contribution is -2.36. The number of halogens is 2.